The van der Waals surface area contributed by atoms with Crippen LogP contribution in [-0.2, 0) is 24.3 Å². The van der Waals surface area contributed by atoms with Gasteiger partial charge in [-0.05, 0) is 73.3 Å². The second-order valence-electron chi connectivity index (χ2n) is 9.22. The molecule has 2 aromatic carbocycles. The van der Waals surface area contributed by atoms with Crippen LogP contribution in [0.15, 0.2) is 61.1 Å². The van der Waals surface area contributed by atoms with Gasteiger partial charge in [0, 0.05) is 41.1 Å². The van der Waals surface area contributed by atoms with Gasteiger partial charge in [-0.15, -0.1) is 11.3 Å². The average Bonchev–Trinajstić information content (AvgIpc) is 3.64. The van der Waals surface area contributed by atoms with Crippen LogP contribution < -0.4 is 10.6 Å². The van der Waals surface area contributed by atoms with E-state index in [1.165, 1.54) is 17.5 Å². The first-order valence-electron chi connectivity index (χ1n) is 12.4. The van der Waals surface area contributed by atoms with E-state index in [9.17, 15) is 4.79 Å². The molecule has 2 N–H and O–H groups in total. The molecule has 0 bridgehead atoms. The highest BCUT2D eigenvalue weighted by atomic mass is 32.1. The van der Waals surface area contributed by atoms with E-state index in [0.717, 1.165) is 53.4 Å². The van der Waals surface area contributed by atoms with Crippen LogP contribution in [0.25, 0.3) is 10.1 Å². The predicted molar refractivity (Wildman–Crippen MR) is 144 cm³/mol. The Kier molecular flexibility index (Phi) is 7.60. The van der Waals surface area contributed by atoms with Gasteiger partial charge in [-0.25, -0.2) is 4.98 Å². The van der Waals surface area contributed by atoms with Crippen molar-refractivity contribution in [3.05, 3.63) is 82.8 Å². The van der Waals surface area contributed by atoms with Gasteiger partial charge in [0.1, 0.15) is 0 Å². The van der Waals surface area contributed by atoms with Crippen molar-refractivity contribution in [3.63, 3.8) is 0 Å². The molecule has 36 heavy (non-hydrogen) atoms. The second kappa shape index (κ2) is 11.4. The first kappa shape index (κ1) is 24.0. The number of imidazole rings is 1. The van der Waals surface area contributed by atoms with Crippen molar-refractivity contribution in [3.8, 4) is 6.07 Å². The molecule has 3 heterocycles. The minimum atomic E-state index is 0.0922. The fourth-order valence-electron chi connectivity index (χ4n) is 4.59. The van der Waals surface area contributed by atoms with Crippen LogP contribution >= 0.6 is 11.3 Å². The average molecular weight is 499 g/mol. The highest BCUT2D eigenvalue weighted by Gasteiger charge is 2.12. The number of carbonyl (C=O) groups excluding carboxylic acids is 1. The number of aromatic nitrogens is 2. The Balaban J connectivity index is 1.15. The minimum absolute atomic E-state index is 0.0922. The maximum atomic E-state index is 12.4. The lowest BCUT2D eigenvalue weighted by Gasteiger charge is -2.14. The third-order valence-corrected chi connectivity index (χ3v) is 7.68. The number of nitrogens with one attached hydrogen (secondary N) is 2. The Morgan fingerprint density at radius 2 is 1.94 bits per heavy atom. The summed E-state index contributed by atoms with van der Waals surface area (Å²) in [5.41, 5.74) is 3.90. The molecule has 0 saturated carbocycles. The molecule has 1 fully saturated rings. The summed E-state index contributed by atoms with van der Waals surface area (Å²) < 4.78 is 3.30. The lowest BCUT2D eigenvalue weighted by Crippen LogP contribution is -2.34. The number of likely N-dealkylation sites (tertiary alicyclic amines) is 1. The number of fused-ring (bicyclic) bond motifs is 1. The first-order valence-corrected chi connectivity index (χ1v) is 13.2. The van der Waals surface area contributed by atoms with E-state index in [1.807, 2.05) is 36.8 Å². The molecule has 8 heteroatoms. The number of hydrogen-bond acceptors (Lipinski definition) is 6. The van der Waals surface area contributed by atoms with Crippen LogP contribution in [-0.4, -0.2) is 46.5 Å². The van der Waals surface area contributed by atoms with Crippen molar-refractivity contribution in [2.75, 3.05) is 31.5 Å². The molecule has 2 aromatic heterocycles. The SMILES string of the molecule is N#Cc1ccc(Cn2cncc2CNc2ccc3sc(CC(=O)NCCN4CCCC4)cc3c2)cc1. The normalized spacial score (nSPS) is 13.6. The minimum Gasteiger partial charge on any atom is -0.379 e. The number of nitrogens with zero attached hydrogens (tertiary/aromatic N) is 4. The van der Waals surface area contributed by atoms with Gasteiger partial charge < -0.3 is 20.1 Å². The van der Waals surface area contributed by atoms with Crippen molar-refractivity contribution in [1.82, 2.24) is 19.8 Å². The van der Waals surface area contributed by atoms with Gasteiger partial charge in [0.25, 0.3) is 0 Å². The van der Waals surface area contributed by atoms with Crippen molar-refractivity contribution in [2.45, 2.75) is 32.4 Å². The Morgan fingerprint density at radius 3 is 2.75 bits per heavy atom. The van der Waals surface area contributed by atoms with Crippen LogP contribution in [0.5, 0.6) is 0 Å². The van der Waals surface area contributed by atoms with E-state index in [4.69, 9.17) is 5.26 Å². The molecule has 0 unspecified atom stereocenters. The molecular formula is C28H30N6OS. The summed E-state index contributed by atoms with van der Waals surface area (Å²) in [6.07, 6.45) is 6.68. The van der Waals surface area contributed by atoms with E-state index >= 15 is 0 Å². The number of hydrogen-bond donors (Lipinski definition) is 2. The number of rotatable bonds is 10. The predicted octanol–water partition coefficient (Wildman–Crippen LogP) is 4.38. The van der Waals surface area contributed by atoms with E-state index in [2.05, 4.69) is 55.4 Å². The van der Waals surface area contributed by atoms with Crippen LogP contribution in [0.3, 0.4) is 0 Å². The largest absolute Gasteiger partial charge is 0.379 e. The monoisotopic (exact) mass is 498 g/mol. The number of carbonyl (C=O) groups is 1. The van der Waals surface area contributed by atoms with Crippen molar-refractivity contribution >= 4 is 33.0 Å². The smallest absolute Gasteiger partial charge is 0.225 e. The number of amides is 1. The zero-order valence-corrected chi connectivity index (χ0v) is 21.1. The standard InChI is InChI=1S/C28H30N6OS/c29-16-21-3-5-22(6-4-21)19-34-20-30-17-25(34)18-32-24-7-8-27-23(13-24)14-26(36-27)15-28(35)31-9-12-33-10-1-2-11-33/h3-8,13-14,17,20,32H,1-2,9-12,15,18-19H2,(H,31,35). The summed E-state index contributed by atoms with van der Waals surface area (Å²) in [6, 6.07) is 18.3. The zero-order valence-electron chi connectivity index (χ0n) is 20.2. The summed E-state index contributed by atoms with van der Waals surface area (Å²) in [5, 5.41) is 16.7. The Labute approximate surface area is 215 Å². The van der Waals surface area contributed by atoms with Gasteiger partial charge in [0.05, 0.1) is 36.6 Å². The van der Waals surface area contributed by atoms with Crippen LogP contribution in [0, 0.1) is 11.3 Å². The van der Waals surface area contributed by atoms with Crippen molar-refractivity contribution < 1.29 is 4.79 Å². The molecule has 4 aromatic rings. The summed E-state index contributed by atoms with van der Waals surface area (Å²) in [4.78, 5) is 20.2. The summed E-state index contributed by atoms with van der Waals surface area (Å²) in [6.45, 7) is 5.33. The molecule has 0 atom stereocenters. The Hall–Kier alpha value is -3.67. The number of thiophene rings is 1. The zero-order chi connectivity index (χ0) is 24.7. The molecule has 1 amide bonds. The van der Waals surface area contributed by atoms with E-state index in [1.54, 1.807) is 11.3 Å². The van der Waals surface area contributed by atoms with Gasteiger partial charge in [-0.1, -0.05) is 12.1 Å². The van der Waals surface area contributed by atoms with Gasteiger partial charge in [-0.2, -0.15) is 5.26 Å². The third-order valence-electron chi connectivity index (χ3n) is 6.56. The topological polar surface area (TPSA) is 86.0 Å². The number of anilines is 1. The number of benzene rings is 2. The third kappa shape index (κ3) is 6.11. The Bertz CT molecular complexity index is 1360. The summed E-state index contributed by atoms with van der Waals surface area (Å²) in [7, 11) is 0. The molecule has 1 aliphatic heterocycles. The summed E-state index contributed by atoms with van der Waals surface area (Å²) >= 11 is 1.68. The van der Waals surface area contributed by atoms with E-state index in [0.29, 0.717) is 25.1 Å². The lowest BCUT2D eigenvalue weighted by molar-refractivity contribution is -0.120. The van der Waals surface area contributed by atoms with Crippen LogP contribution in [0.2, 0.25) is 0 Å². The molecule has 0 aliphatic carbocycles. The second-order valence-corrected chi connectivity index (χ2v) is 10.4. The Morgan fingerprint density at radius 1 is 1.11 bits per heavy atom. The molecule has 1 aliphatic rings. The van der Waals surface area contributed by atoms with E-state index in [-0.39, 0.29) is 5.91 Å². The van der Waals surface area contributed by atoms with Crippen molar-refractivity contribution in [1.29, 1.82) is 5.26 Å². The maximum absolute atomic E-state index is 12.4. The molecule has 7 nitrogen and oxygen atoms in total. The fourth-order valence-corrected chi connectivity index (χ4v) is 5.63. The van der Waals surface area contributed by atoms with Crippen LogP contribution in [0.1, 0.15) is 34.5 Å². The van der Waals surface area contributed by atoms with Gasteiger partial charge in [0.2, 0.25) is 5.91 Å². The van der Waals surface area contributed by atoms with Crippen LogP contribution in [0.4, 0.5) is 5.69 Å². The van der Waals surface area contributed by atoms with Crippen molar-refractivity contribution in [2.24, 2.45) is 0 Å². The quantitative estimate of drug-likeness (QED) is 0.339. The maximum Gasteiger partial charge on any atom is 0.225 e. The number of nitriles is 1. The summed E-state index contributed by atoms with van der Waals surface area (Å²) in [5.74, 6) is 0.0922. The molecule has 0 radical (unpaired) electrons. The molecule has 1 saturated heterocycles. The van der Waals surface area contributed by atoms with Gasteiger partial charge >= 0.3 is 0 Å². The molecule has 5 rings (SSSR count). The lowest BCUT2D eigenvalue weighted by atomic mass is 10.1. The molecular weight excluding hydrogens is 468 g/mol. The molecule has 0 spiro atoms. The van der Waals surface area contributed by atoms with Gasteiger partial charge in [-0.3, -0.25) is 4.79 Å². The fraction of sp³-hybridized carbons (Fsp3) is 0.321. The van der Waals surface area contributed by atoms with E-state index < -0.39 is 0 Å². The molecule has 184 valence electrons. The van der Waals surface area contributed by atoms with Gasteiger partial charge in [0.15, 0.2) is 0 Å². The highest BCUT2D eigenvalue weighted by molar-refractivity contribution is 7.19. The highest BCUT2D eigenvalue weighted by Crippen LogP contribution is 2.28. The first-order chi connectivity index (χ1) is 17.7.